The molecular formula is C14H10N2S2. The van der Waals surface area contributed by atoms with Gasteiger partial charge in [0.05, 0.1) is 21.7 Å². The Morgan fingerprint density at radius 2 is 0.944 bits per heavy atom. The maximum Gasteiger partial charge on any atom is 0.0739 e. The second-order valence-electron chi connectivity index (χ2n) is 3.08. The first-order chi connectivity index (χ1) is 8.86. The molecule has 0 bridgehead atoms. The smallest absolute Gasteiger partial charge is 0.0739 e. The standard InChI is InChI=1S/2C7H5NS/c2*9-6-8-7-4-2-1-3-5-7/h2*1-5H. The molecule has 0 radical (unpaired) electrons. The third-order valence-corrected chi connectivity index (χ3v) is 2.04. The fourth-order valence-electron chi connectivity index (χ4n) is 1.11. The number of hydrogen-bond donors (Lipinski definition) is 0. The van der Waals surface area contributed by atoms with Crippen LogP contribution in [0.4, 0.5) is 11.4 Å². The Balaban J connectivity index is 0.000000180. The molecule has 2 rings (SSSR count). The van der Waals surface area contributed by atoms with Crippen LogP contribution in [0.3, 0.4) is 0 Å². The monoisotopic (exact) mass is 270 g/mol. The van der Waals surface area contributed by atoms with Gasteiger partial charge in [0.15, 0.2) is 0 Å². The van der Waals surface area contributed by atoms with Gasteiger partial charge in [0.25, 0.3) is 0 Å². The van der Waals surface area contributed by atoms with Gasteiger partial charge in [-0.3, -0.25) is 0 Å². The predicted octanol–water partition coefficient (Wildman–Crippen LogP) is 4.84. The summed E-state index contributed by atoms with van der Waals surface area (Å²) < 4.78 is 0. The Morgan fingerprint density at radius 3 is 1.22 bits per heavy atom. The molecule has 2 aromatic carbocycles. The third kappa shape index (κ3) is 5.94. The fourth-order valence-corrected chi connectivity index (χ4v) is 1.32. The second kappa shape index (κ2) is 9.11. The summed E-state index contributed by atoms with van der Waals surface area (Å²) >= 11 is 8.83. The van der Waals surface area contributed by atoms with E-state index in [1.165, 1.54) is 0 Å². The van der Waals surface area contributed by atoms with E-state index in [-0.39, 0.29) is 0 Å². The molecule has 0 saturated heterocycles. The number of rotatable bonds is 2. The lowest BCUT2D eigenvalue weighted by Crippen LogP contribution is -1.58. The average Bonchev–Trinajstić information content (AvgIpc) is 2.43. The zero-order valence-corrected chi connectivity index (χ0v) is 11.1. The number of hydrogen-bond acceptors (Lipinski definition) is 4. The number of thiocarbonyl (C=S) groups is 2. The van der Waals surface area contributed by atoms with Gasteiger partial charge in [-0.1, -0.05) is 36.4 Å². The predicted molar refractivity (Wildman–Crippen MR) is 82.3 cm³/mol. The van der Waals surface area contributed by atoms with Gasteiger partial charge in [-0.25, -0.2) is 0 Å². The Bertz CT molecular complexity index is 501. The molecule has 0 fully saturated rings. The van der Waals surface area contributed by atoms with Crippen molar-refractivity contribution in [1.82, 2.24) is 0 Å². The molecule has 0 heterocycles. The van der Waals surface area contributed by atoms with Crippen LogP contribution in [0.1, 0.15) is 0 Å². The first kappa shape index (κ1) is 14.1. The summed E-state index contributed by atoms with van der Waals surface area (Å²) in [5.41, 5.74) is 1.71. The number of isothiocyanates is 2. The normalized spacial score (nSPS) is 8.00. The molecule has 18 heavy (non-hydrogen) atoms. The summed E-state index contributed by atoms with van der Waals surface area (Å²) in [5.74, 6) is 0. The largest absolute Gasteiger partial charge is 0.195 e. The van der Waals surface area contributed by atoms with Crippen LogP contribution < -0.4 is 0 Å². The van der Waals surface area contributed by atoms with Crippen molar-refractivity contribution < 1.29 is 0 Å². The van der Waals surface area contributed by atoms with Crippen molar-refractivity contribution in [1.29, 1.82) is 0 Å². The molecule has 0 atom stereocenters. The minimum atomic E-state index is 0.854. The highest BCUT2D eigenvalue weighted by Crippen LogP contribution is 2.07. The van der Waals surface area contributed by atoms with Crippen molar-refractivity contribution in [3.8, 4) is 0 Å². The van der Waals surface area contributed by atoms with Crippen molar-refractivity contribution in [3.05, 3.63) is 60.7 Å². The van der Waals surface area contributed by atoms with Gasteiger partial charge in [-0.15, -0.1) is 0 Å². The van der Waals surface area contributed by atoms with E-state index in [0.717, 1.165) is 11.4 Å². The summed E-state index contributed by atoms with van der Waals surface area (Å²) in [7, 11) is 0. The molecule has 0 amide bonds. The van der Waals surface area contributed by atoms with Crippen LogP contribution in [0.5, 0.6) is 0 Å². The molecular weight excluding hydrogens is 260 g/mol. The van der Waals surface area contributed by atoms with Crippen LogP contribution in [0.25, 0.3) is 0 Å². The minimum absolute atomic E-state index is 0.854. The lowest BCUT2D eigenvalue weighted by Gasteiger charge is -1.83. The summed E-state index contributed by atoms with van der Waals surface area (Å²) in [6.07, 6.45) is 0. The van der Waals surface area contributed by atoms with E-state index in [0.29, 0.717) is 0 Å². The topological polar surface area (TPSA) is 24.7 Å². The lowest BCUT2D eigenvalue weighted by atomic mass is 10.3. The maximum atomic E-state index is 4.42. The van der Waals surface area contributed by atoms with Gasteiger partial charge in [-0.2, -0.15) is 9.98 Å². The van der Waals surface area contributed by atoms with E-state index in [9.17, 15) is 0 Å². The maximum absolute atomic E-state index is 4.42. The van der Waals surface area contributed by atoms with E-state index >= 15 is 0 Å². The summed E-state index contributed by atoms with van der Waals surface area (Å²) in [4.78, 5) is 7.54. The van der Waals surface area contributed by atoms with Crippen LogP contribution in [-0.4, -0.2) is 10.3 Å². The lowest BCUT2D eigenvalue weighted by molar-refractivity contribution is 1.55. The highest BCUT2D eigenvalue weighted by atomic mass is 32.1. The van der Waals surface area contributed by atoms with Gasteiger partial charge in [-0.05, 0) is 48.7 Å². The molecule has 88 valence electrons. The quantitative estimate of drug-likeness (QED) is 0.576. The molecule has 2 aromatic rings. The van der Waals surface area contributed by atoms with E-state index < -0.39 is 0 Å². The Labute approximate surface area is 117 Å². The van der Waals surface area contributed by atoms with Gasteiger partial charge in [0, 0.05) is 0 Å². The third-order valence-electron chi connectivity index (χ3n) is 1.86. The molecule has 0 aliphatic heterocycles. The molecule has 4 heteroatoms. The number of benzene rings is 2. The van der Waals surface area contributed by atoms with Crippen LogP contribution in [0.2, 0.25) is 0 Å². The van der Waals surface area contributed by atoms with Crippen molar-refractivity contribution in [2.24, 2.45) is 9.98 Å². The molecule has 0 spiro atoms. The molecule has 0 N–H and O–H groups in total. The first-order valence-electron chi connectivity index (χ1n) is 5.12. The highest BCUT2D eigenvalue weighted by Gasteiger charge is 1.79. The van der Waals surface area contributed by atoms with E-state index in [2.05, 4.69) is 44.7 Å². The summed E-state index contributed by atoms with van der Waals surface area (Å²) in [5, 5.41) is 4.58. The van der Waals surface area contributed by atoms with Crippen molar-refractivity contribution >= 4 is 46.1 Å². The average molecular weight is 270 g/mol. The molecule has 0 aliphatic carbocycles. The van der Waals surface area contributed by atoms with Gasteiger partial charge < -0.3 is 0 Å². The van der Waals surface area contributed by atoms with Crippen LogP contribution in [-0.2, 0) is 0 Å². The highest BCUT2D eigenvalue weighted by molar-refractivity contribution is 7.78. The molecule has 0 saturated carbocycles. The first-order valence-corrected chi connectivity index (χ1v) is 5.94. The fraction of sp³-hybridized carbons (Fsp3) is 0. The molecule has 0 unspecified atom stereocenters. The van der Waals surface area contributed by atoms with Crippen LogP contribution in [0.15, 0.2) is 70.6 Å². The van der Waals surface area contributed by atoms with Crippen molar-refractivity contribution in [2.45, 2.75) is 0 Å². The zero-order valence-electron chi connectivity index (χ0n) is 9.48. The summed E-state index contributed by atoms with van der Waals surface area (Å²) in [6.45, 7) is 0. The van der Waals surface area contributed by atoms with Crippen molar-refractivity contribution in [2.75, 3.05) is 0 Å². The Kier molecular flexibility index (Phi) is 7.14. The van der Waals surface area contributed by atoms with Crippen LogP contribution >= 0.6 is 24.4 Å². The number of aliphatic imine (C=N–C) groups is 2. The number of para-hydroxylation sites is 2. The van der Waals surface area contributed by atoms with Crippen molar-refractivity contribution in [3.63, 3.8) is 0 Å². The van der Waals surface area contributed by atoms with E-state index in [1.54, 1.807) is 0 Å². The minimum Gasteiger partial charge on any atom is -0.195 e. The molecule has 0 aromatic heterocycles. The van der Waals surface area contributed by atoms with Gasteiger partial charge in [0.1, 0.15) is 0 Å². The summed E-state index contributed by atoms with van der Waals surface area (Å²) in [6, 6.07) is 19.0. The van der Waals surface area contributed by atoms with E-state index in [1.807, 2.05) is 60.7 Å². The van der Waals surface area contributed by atoms with Crippen LogP contribution in [0, 0.1) is 0 Å². The molecule has 2 nitrogen and oxygen atoms in total. The van der Waals surface area contributed by atoms with Gasteiger partial charge >= 0.3 is 0 Å². The van der Waals surface area contributed by atoms with Gasteiger partial charge in [0.2, 0.25) is 0 Å². The second-order valence-corrected chi connectivity index (χ2v) is 3.44. The zero-order chi connectivity index (χ0) is 13.1. The molecule has 0 aliphatic rings. The van der Waals surface area contributed by atoms with E-state index in [4.69, 9.17) is 0 Å². The SMILES string of the molecule is S=C=Nc1ccccc1.S=C=Nc1ccccc1. The number of nitrogens with zero attached hydrogens (tertiary/aromatic N) is 2. The Hall–Kier alpha value is -1.96. The Morgan fingerprint density at radius 1 is 0.611 bits per heavy atom.